The SMILES string of the molecule is CC(C)C(C)c1ccc2c(c1)NCCN2. The lowest BCUT2D eigenvalue weighted by Gasteiger charge is -2.23. The molecule has 0 bridgehead atoms. The normalized spacial score (nSPS) is 16.5. The minimum atomic E-state index is 0.624. The van der Waals surface area contributed by atoms with E-state index < -0.39 is 0 Å². The molecule has 15 heavy (non-hydrogen) atoms. The average molecular weight is 204 g/mol. The molecule has 1 aliphatic rings. The minimum absolute atomic E-state index is 0.624. The van der Waals surface area contributed by atoms with Crippen molar-refractivity contribution in [3.05, 3.63) is 23.8 Å². The van der Waals surface area contributed by atoms with Crippen LogP contribution in [0.1, 0.15) is 32.3 Å². The van der Waals surface area contributed by atoms with Gasteiger partial charge in [-0.25, -0.2) is 0 Å². The van der Waals surface area contributed by atoms with Crippen LogP contribution < -0.4 is 10.6 Å². The zero-order chi connectivity index (χ0) is 10.8. The predicted octanol–water partition coefficient (Wildman–Crippen LogP) is 3.28. The smallest absolute Gasteiger partial charge is 0.0579 e. The highest BCUT2D eigenvalue weighted by Gasteiger charge is 2.13. The maximum Gasteiger partial charge on any atom is 0.0579 e. The topological polar surface area (TPSA) is 24.1 Å². The van der Waals surface area contributed by atoms with Crippen LogP contribution in [0.2, 0.25) is 0 Å². The lowest BCUT2D eigenvalue weighted by molar-refractivity contribution is 0.535. The monoisotopic (exact) mass is 204 g/mol. The summed E-state index contributed by atoms with van der Waals surface area (Å²) in [5.74, 6) is 1.32. The molecule has 2 N–H and O–H groups in total. The van der Waals surface area contributed by atoms with Gasteiger partial charge in [0.15, 0.2) is 0 Å². The largest absolute Gasteiger partial charge is 0.382 e. The molecule has 0 radical (unpaired) electrons. The Hall–Kier alpha value is -1.18. The number of hydrogen-bond donors (Lipinski definition) is 2. The molecule has 0 amide bonds. The number of benzene rings is 1. The van der Waals surface area contributed by atoms with E-state index in [1.54, 1.807) is 0 Å². The van der Waals surface area contributed by atoms with Gasteiger partial charge in [-0.3, -0.25) is 0 Å². The molecular formula is C13H20N2. The van der Waals surface area contributed by atoms with E-state index in [1.807, 2.05) is 0 Å². The van der Waals surface area contributed by atoms with Gasteiger partial charge < -0.3 is 10.6 Å². The van der Waals surface area contributed by atoms with Gasteiger partial charge in [0.05, 0.1) is 11.4 Å². The van der Waals surface area contributed by atoms with E-state index in [4.69, 9.17) is 0 Å². The molecule has 1 aliphatic heterocycles. The van der Waals surface area contributed by atoms with E-state index in [2.05, 4.69) is 49.6 Å². The molecule has 1 aromatic carbocycles. The maximum atomic E-state index is 3.43. The number of nitrogens with one attached hydrogen (secondary N) is 2. The Labute approximate surface area is 92.1 Å². The summed E-state index contributed by atoms with van der Waals surface area (Å²) in [7, 11) is 0. The van der Waals surface area contributed by atoms with Crippen molar-refractivity contribution in [2.75, 3.05) is 23.7 Å². The van der Waals surface area contributed by atoms with Crippen LogP contribution in [-0.4, -0.2) is 13.1 Å². The van der Waals surface area contributed by atoms with Gasteiger partial charge in [0.1, 0.15) is 0 Å². The quantitative estimate of drug-likeness (QED) is 0.772. The van der Waals surface area contributed by atoms with Crippen molar-refractivity contribution < 1.29 is 0 Å². The first-order valence-corrected chi connectivity index (χ1v) is 5.80. The highest BCUT2D eigenvalue weighted by Crippen LogP contribution is 2.31. The van der Waals surface area contributed by atoms with Gasteiger partial charge in [0.25, 0.3) is 0 Å². The molecule has 0 saturated carbocycles. The van der Waals surface area contributed by atoms with Crippen LogP contribution in [0.25, 0.3) is 0 Å². The van der Waals surface area contributed by atoms with Gasteiger partial charge in [-0.2, -0.15) is 0 Å². The zero-order valence-corrected chi connectivity index (χ0v) is 9.80. The van der Waals surface area contributed by atoms with Gasteiger partial charge in [-0.15, -0.1) is 0 Å². The second-order valence-electron chi connectivity index (χ2n) is 4.69. The van der Waals surface area contributed by atoms with Crippen LogP contribution in [0.15, 0.2) is 18.2 Å². The third kappa shape index (κ3) is 2.09. The summed E-state index contributed by atoms with van der Waals surface area (Å²) in [4.78, 5) is 0. The summed E-state index contributed by atoms with van der Waals surface area (Å²) < 4.78 is 0. The van der Waals surface area contributed by atoms with E-state index >= 15 is 0 Å². The molecule has 0 spiro atoms. The molecule has 1 heterocycles. The Morgan fingerprint density at radius 3 is 2.33 bits per heavy atom. The van der Waals surface area contributed by atoms with Crippen molar-refractivity contribution in [1.29, 1.82) is 0 Å². The first-order chi connectivity index (χ1) is 7.18. The van der Waals surface area contributed by atoms with Gasteiger partial charge in [0, 0.05) is 13.1 Å². The highest BCUT2D eigenvalue weighted by atomic mass is 15.0. The van der Waals surface area contributed by atoms with Crippen LogP contribution in [0.4, 0.5) is 11.4 Å². The third-order valence-corrected chi connectivity index (χ3v) is 3.33. The number of rotatable bonds is 2. The van der Waals surface area contributed by atoms with Crippen molar-refractivity contribution in [3.8, 4) is 0 Å². The van der Waals surface area contributed by atoms with Crippen LogP contribution in [0.5, 0.6) is 0 Å². The highest BCUT2D eigenvalue weighted by molar-refractivity contribution is 5.71. The summed E-state index contributed by atoms with van der Waals surface area (Å²) in [6, 6.07) is 6.71. The van der Waals surface area contributed by atoms with Crippen LogP contribution in [-0.2, 0) is 0 Å². The fourth-order valence-electron chi connectivity index (χ4n) is 1.92. The van der Waals surface area contributed by atoms with E-state index in [-0.39, 0.29) is 0 Å². The Kier molecular flexibility index (Phi) is 2.85. The summed E-state index contributed by atoms with van der Waals surface area (Å²) in [5, 5.41) is 6.83. The Balaban J connectivity index is 2.27. The summed E-state index contributed by atoms with van der Waals surface area (Å²) in [6.45, 7) is 8.88. The lowest BCUT2D eigenvalue weighted by Crippen LogP contribution is -2.20. The second-order valence-corrected chi connectivity index (χ2v) is 4.69. The molecule has 0 saturated heterocycles. The molecule has 1 aromatic rings. The summed E-state index contributed by atoms with van der Waals surface area (Å²) in [6.07, 6.45) is 0. The minimum Gasteiger partial charge on any atom is -0.382 e. The number of fused-ring (bicyclic) bond motifs is 1. The Morgan fingerprint density at radius 2 is 1.67 bits per heavy atom. The Morgan fingerprint density at radius 1 is 1.00 bits per heavy atom. The predicted molar refractivity (Wildman–Crippen MR) is 66.7 cm³/mol. The van der Waals surface area contributed by atoms with Crippen molar-refractivity contribution in [2.24, 2.45) is 5.92 Å². The number of anilines is 2. The molecule has 2 rings (SSSR count). The molecule has 1 atom stereocenters. The first kappa shape index (κ1) is 10.3. The molecular weight excluding hydrogens is 184 g/mol. The van der Waals surface area contributed by atoms with E-state index in [0.717, 1.165) is 13.1 Å². The second kappa shape index (κ2) is 4.13. The molecule has 2 nitrogen and oxygen atoms in total. The number of hydrogen-bond acceptors (Lipinski definition) is 2. The van der Waals surface area contributed by atoms with Crippen molar-refractivity contribution in [3.63, 3.8) is 0 Å². The average Bonchev–Trinajstić information content (AvgIpc) is 2.27. The van der Waals surface area contributed by atoms with E-state index in [0.29, 0.717) is 11.8 Å². The molecule has 82 valence electrons. The van der Waals surface area contributed by atoms with E-state index in [1.165, 1.54) is 16.9 Å². The molecule has 0 fully saturated rings. The van der Waals surface area contributed by atoms with Gasteiger partial charge in [0.2, 0.25) is 0 Å². The summed E-state index contributed by atoms with van der Waals surface area (Å²) >= 11 is 0. The first-order valence-electron chi connectivity index (χ1n) is 5.80. The fourth-order valence-corrected chi connectivity index (χ4v) is 1.92. The van der Waals surface area contributed by atoms with Crippen molar-refractivity contribution in [2.45, 2.75) is 26.7 Å². The van der Waals surface area contributed by atoms with Crippen LogP contribution in [0.3, 0.4) is 0 Å². The zero-order valence-electron chi connectivity index (χ0n) is 9.80. The Bertz CT molecular complexity index is 344. The molecule has 1 unspecified atom stereocenters. The van der Waals surface area contributed by atoms with Crippen molar-refractivity contribution >= 4 is 11.4 Å². The fraction of sp³-hybridized carbons (Fsp3) is 0.538. The van der Waals surface area contributed by atoms with Crippen molar-refractivity contribution in [1.82, 2.24) is 0 Å². The molecule has 2 heteroatoms. The van der Waals surface area contributed by atoms with Gasteiger partial charge >= 0.3 is 0 Å². The molecule has 0 aromatic heterocycles. The van der Waals surface area contributed by atoms with Crippen LogP contribution >= 0.6 is 0 Å². The summed E-state index contributed by atoms with van der Waals surface area (Å²) in [5.41, 5.74) is 3.92. The van der Waals surface area contributed by atoms with Crippen LogP contribution in [0, 0.1) is 5.92 Å². The lowest BCUT2D eigenvalue weighted by atomic mass is 9.90. The third-order valence-electron chi connectivity index (χ3n) is 3.33. The van der Waals surface area contributed by atoms with Gasteiger partial charge in [-0.05, 0) is 29.5 Å². The maximum absolute atomic E-state index is 3.43. The molecule has 0 aliphatic carbocycles. The standard InChI is InChI=1S/C13H20N2/c1-9(2)10(3)11-4-5-12-13(8-11)15-7-6-14-12/h4-5,8-10,14-15H,6-7H2,1-3H3. The van der Waals surface area contributed by atoms with Gasteiger partial charge in [-0.1, -0.05) is 26.8 Å². The van der Waals surface area contributed by atoms with E-state index in [9.17, 15) is 0 Å².